The number of aromatic nitrogens is 4. The van der Waals surface area contributed by atoms with Crippen molar-refractivity contribution in [3.63, 3.8) is 0 Å². The summed E-state index contributed by atoms with van der Waals surface area (Å²) in [5.41, 5.74) is 4.89. The van der Waals surface area contributed by atoms with Crippen LogP contribution in [-0.2, 0) is 19.8 Å². The highest BCUT2D eigenvalue weighted by atomic mass is 32.1. The van der Waals surface area contributed by atoms with E-state index in [0.29, 0.717) is 13.2 Å². The molecule has 6 nitrogen and oxygen atoms in total. The largest absolute Gasteiger partial charge is 0.297 e. The lowest BCUT2D eigenvalue weighted by molar-refractivity contribution is 0.0980. The smallest absolute Gasteiger partial charge is 0.199 e. The van der Waals surface area contributed by atoms with E-state index in [0.717, 1.165) is 48.9 Å². The van der Waals surface area contributed by atoms with Crippen molar-refractivity contribution in [2.75, 3.05) is 26.2 Å². The van der Waals surface area contributed by atoms with Crippen LogP contribution in [0.15, 0.2) is 79.1 Å². The van der Waals surface area contributed by atoms with Crippen LogP contribution in [0.5, 0.6) is 0 Å². The van der Waals surface area contributed by atoms with E-state index in [2.05, 4.69) is 74.8 Å². The fourth-order valence-corrected chi connectivity index (χ4v) is 4.75. The van der Waals surface area contributed by atoms with Gasteiger partial charge in [-0.3, -0.25) is 19.4 Å². The van der Waals surface area contributed by atoms with Crippen molar-refractivity contribution in [2.24, 2.45) is 0 Å². The van der Waals surface area contributed by atoms with Crippen molar-refractivity contribution >= 4 is 12.2 Å². The van der Waals surface area contributed by atoms with E-state index in [1.54, 1.807) is 6.20 Å². The Labute approximate surface area is 206 Å². The van der Waals surface area contributed by atoms with Crippen LogP contribution in [0.3, 0.4) is 0 Å². The molecule has 0 amide bonds. The summed E-state index contributed by atoms with van der Waals surface area (Å²) < 4.78 is 4.83. The van der Waals surface area contributed by atoms with Crippen molar-refractivity contribution in [1.29, 1.82) is 0 Å². The monoisotopic (exact) mass is 470 g/mol. The van der Waals surface area contributed by atoms with E-state index in [4.69, 9.17) is 17.3 Å². The zero-order valence-corrected chi connectivity index (χ0v) is 20.4. The first-order valence-corrected chi connectivity index (χ1v) is 12.2. The molecule has 1 aliphatic heterocycles. The molecule has 5 rings (SSSR count). The number of pyridine rings is 1. The minimum absolute atomic E-state index is 0.689. The van der Waals surface area contributed by atoms with Crippen LogP contribution in [0.2, 0.25) is 0 Å². The van der Waals surface area contributed by atoms with Crippen molar-refractivity contribution < 1.29 is 0 Å². The predicted molar refractivity (Wildman–Crippen MR) is 138 cm³/mol. The maximum absolute atomic E-state index is 5.91. The van der Waals surface area contributed by atoms with Gasteiger partial charge in [0.25, 0.3) is 0 Å². The van der Waals surface area contributed by atoms with Gasteiger partial charge in [-0.2, -0.15) is 5.10 Å². The standard InChI is InChI=1S/C27H30N6S/c1-22-7-5-10-24(17-22)19-30-13-15-31(16-14-30)21-33-27(34)32(20-23-8-3-2-4-9-23)26(29-33)25-11-6-12-28-18-25/h2-12,17-18H,13-16,19-21H2,1H3. The first kappa shape index (κ1) is 22.7. The molecule has 174 valence electrons. The molecular weight excluding hydrogens is 440 g/mol. The molecule has 3 heterocycles. The van der Waals surface area contributed by atoms with Crippen molar-refractivity contribution in [3.05, 3.63) is 101 Å². The molecule has 0 bridgehead atoms. The van der Waals surface area contributed by atoms with Crippen LogP contribution in [0.4, 0.5) is 0 Å². The second-order valence-electron chi connectivity index (χ2n) is 8.94. The van der Waals surface area contributed by atoms with Crippen molar-refractivity contribution in [2.45, 2.75) is 26.7 Å². The van der Waals surface area contributed by atoms with Gasteiger partial charge < -0.3 is 0 Å². The lowest BCUT2D eigenvalue weighted by atomic mass is 10.1. The highest BCUT2D eigenvalue weighted by Crippen LogP contribution is 2.20. The minimum atomic E-state index is 0.689. The Hall–Kier alpha value is -3.13. The van der Waals surface area contributed by atoms with Crippen molar-refractivity contribution in [1.82, 2.24) is 29.1 Å². The van der Waals surface area contributed by atoms with Gasteiger partial charge in [0.2, 0.25) is 0 Å². The first-order chi connectivity index (χ1) is 16.7. The zero-order valence-electron chi connectivity index (χ0n) is 19.5. The molecule has 1 saturated heterocycles. The molecule has 34 heavy (non-hydrogen) atoms. The SMILES string of the molecule is Cc1cccc(CN2CCN(Cn3nc(-c4cccnc4)n(Cc4ccccc4)c3=S)CC2)c1. The number of aryl methyl sites for hydroxylation is 1. The van der Waals surface area contributed by atoms with Crippen LogP contribution in [0.1, 0.15) is 16.7 Å². The lowest BCUT2D eigenvalue weighted by Gasteiger charge is -2.34. The Morgan fingerprint density at radius 2 is 1.59 bits per heavy atom. The normalized spacial score (nSPS) is 15.0. The molecule has 0 atom stereocenters. The zero-order chi connectivity index (χ0) is 23.3. The minimum Gasteiger partial charge on any atom is -0.297 e. The summed E-state index contributed by atoms with van der Waals surface area (Å²) in [6.07, 6.45) is 3.64. The Bertz CT molecular complexity index is 1270. The van der Waals surface area contributed by atoms with Gasteiger partial charge in [-0.15, -0.1) is 0 Å². The Morgan fingerprint density at radius 1 is 0.824 bits per heavy atom. The summed E-state index contributed by atoms with van der Waals surface area (Å²) in [6.45, 7) is 8.64. The van der Waals surface area contributed by atoms with Gasteiger partial charge in [0.15, 0.2) is 10.6 Å². The summed E-state index contributed by atoms with van der Waals surface area (Å²) >= 11 is 5.91. The average Bonchev–Trinajstić information content (AvgIpc) is 3.16. The quantitative estimate of drug-likeness (QED) is 0.369. The van der Waals surface area contributed by atoms with Crippen molar-refractivity contribution in [3.8, 4) is 11.4 Å². The number of piperazine rings is 1. The van der Waals surface area contributed by atoms with Gasteiger partial charge in [-0.1, -0.05) is 60.2 Å². The van der Waals surface area contributed by atoms with Gasteiger partial charge in [0.1, 0.15) is 0 Å². The maximum Gasteiger partial charge on any atom is 0.199 e. The number of nitrogens with zero attached hydrogens (tertiary/aromatic N) is 6. The molecule has 2 aromatic carbocycles. The van der Waals surface area contributed by atoms with E-state index in [1.807, 2.05) is 29.1 Å². The topological polar surface area (TPSA) is 42.1 Å². The molecule has 7 heteroatoms. The third kappa shape index (κ3) is 5.33. The van der Waals surface area contributed by atoms with E-state index >= 15 is 0 Å². The summed E-state index contributed by atoms with van der Waals surface area (Å²) in [4.78, 5) is 9.27. The molecule has 0 unspecified atom stereocenters. The lowest BCUT2D eigenvalue weighted by Crippen LogP contribution is -2.46. The molecular formula is C27H30N6S. The van der Waals surface area contributed by atoms with Gasteiger partial charge in [0.05, 0.1) is 13.2 Å². The molecule has 0 aliphatic carbocycles. The van der Waals surface area contributed by atoms with E-state index in [1.165, 1.54) is 16.7 Å². The molecule has 4 aromatic rings. The average molecular weight is 471 g/mol. The molecule has 0 saturated carbocycles. The Morgan fingerprint density at radius 3 is 2.32 bits per heavy atom. The fraction of sp³-hybridized carbons (Fsp3) is 0.296. The number of hydrogen-bond donors (Lipinski definition) is 0. The summed E-state index contributed by atoms with van der Waals surface area (Å²) in [5.74, 6) is 0.861. The first-order valence-electron chi connectivity index (χ1n) is 11.8. The number of rotatable bonds is 7. The van der Waals surface area contributed by atoms with Crippen LogP contribution in [0.25, 0.3) is 11.4 Å². The molecule has 0 N–H and O–H groups in total. The molecule has 2 aromatic heterocycles. The highest BCUT2D eigenvalue weighted by molar-refractivity contribution is 7.71. The molecule has 0 spiro atoms. The summed E-state index contributed by atoms with van der Waals surface area (Å²) in [5, 5.41) is 4.95. The summed E-state index contributed by atoms with van der Waals surface area (Å²) in [7, 11) is 0. The van der Waals surface area contributed by atoms with E-state index < -0.39 is 0 Å². The van der Waals surface area contributed by atoms with Gasteiger partial charge >= 0.3 is 0 Å². The second-order valence-corrected chi connectivity index (χ2v) is 9.31. The van der Waals surface area contributed by atoms with Gasteiger partial charge in [-0.05, 0) is 42.4 Å². The maximum atomic E-state index is 5.91. The number of hydrogen-bond acceptors (Lipinski definition) is 5. The predicted octanol–water partition coefficient (Wildman–Crippen LogP) is 4.61. The van der Waals surface area contributed by atoms with Crippen LogP contribution >= 0.6 is 12.2 Å². The number of benzene rings is 2. The van der Waals surface area contributed by atoms with Gasteiger partial charge in [-0.25, -0.2) is 4.68 Å². The highest BCUT2D eigenvalue weighted by Gasteiger charge is 2.20. The second kappa shape index (κ2) is 10.4. The van der Waals surface area contributed by atoms with E-state index in [9.17, 15) is 0 Å². The third-order valence-electron chi connectivity index (χ3n) is 6.31. The third-order valence-corrected chi connectivity index (χ3v) is 6.74. The molecule has 1 aliphatic rings. The van der Waals surface area contributed by atoms with Crippen LogP contribution < -0.4 is 0 Å². The fourth-order valence-electron chi connectivity index (χ4n) is 4.50. The Balaban J connectivity index is 1.31. The Kier molecular flexibility index (Phi) is 6.94. The van der Waals surface area contributed by atoms with Gasteiger partial charge in [0, 0.05) is 50.7 Å². The van der Waals surface area contributed by atoms with E-state index in [-0.39, 0.29) is 0 Å². The van der Waals surface area contributed by atoms with Crippen LogP contribution in [0, 0.1) is 11.7 Å². The molecule has 0 radical (unpaired) electrons. The molecule has 1 fully saturated rings. The van der Waals surface area contributed by atoms with Crippen LogP contribution in [-0.4, -0.2) is 55.3 Å². The summed E-state index contributed by atoms with van der Waals surface area (Å²) in [6, 6.07) is 23.2.